The van der Waals surface area contributed by atoms with Gasteiger partial charge in [0, 0.05) is 11.3 Å². The van der Waals surface area contributed by atoms with Crippen molar-refractivity contribution in [3.05, 3.63) is 0 Å². The van der Waals surface area contributed by atoms with Gasteiger partial charge in [-0.25, -0.2) is 0 Å². The lowest BCUT2D eigenvalue weighted by atomic mass is 10.0. The Labute approximate surface area is 97.8 Å². The van der Waals surface area contributed by atoms with E-state index in [0.717, 1.165) is 6.54 Å². The van der Waals surface area contributed by atoms with Crippen LogP contribution in [0, 0.1) is 0 Å². The van der Waals surface area contributed by atoms with E-state index >= 15 is 0 Å². The first kappa shape index (κ1) is 14.8. The lowest BCUT2D eigenvalue weighted by Crippen LogP contribution is -2.54. The fraction of sp³-hybridized carbons (Fsp3) is 0.909. The molecule has 1 amide bonds. The second-order valence-corrected chi connectivity index (χ2v) is 6.32. The molecule has 0 atom stereocenters. The van der Waals surface area contributed by atoms with Gasteiger partial charge in [-0.1, -0.05) is 6.92 Å². The van der Waals surface area contributed by atoms with Crippen LogP contribution >= 0.6 is 11.8 Å². The molecule has 0 aromatic rings. The number of nitrogens with one attached hydrogen (secondary N) is 2. The fourth-order valence-corrected chi connectivity index (χ4v) is 1.33. The zero-order valence-electron chi connectivity index (χ0n) is 10.7. The van der Waals surface area contributed by atoms with Gasteiger partial charge in [-0.2, -0.15) is 11.8 Å². The Morgan fingerprint density at radius 3 is 2.20 bits per heavy atom. The smallest absolute Gasteiger partial charge is 0.239 e. The average molecular weight is 232 g/mol. The van der Waals surface area contributed by atoms with Gasteiger partial charge in [0.1, 0.15) is 0 Å². The quantitative estimate of drug-likeness (QED) is 0.731. The molecule has 0 bridgehead atoms. The first-order valence-corrected chi connectivity index (χ1v) is 6.56. The van der Waals surface area contributed by atoms with Crippen molar-refractivity contribution in [1.82, 2.24) is 10.6 Å². The number of hydrogen-bond acceptors (Lipinski definition) is 3. The van der Waals surface area contributed by atoms with Gasteiger partial charge < -0.3 is 10.6 Å². The van der Waals surface area contributed by atoms with Gasteiger partial charge >= 0.3 is 0 Å². The van der Waals surface area contributed by atoms with E-state index in [1.165, 1.54) is 0 Å². The third kappa shape index (κ3) is 5.42. The molecular formula is C11H24N2OS. The van der Waals surface area contributed by atoms with Crippen LogP contribution in [-0.2, 0) is 4.79 Å². The minimum Gasteiger partial charge on any atom is -0.353 e. The van der Waals surface area contributed by atoms with Gasteiger partial charge in [-0.15, -0.1) is 0 Å². The first-order chi connectivity index (χ1) is 6.75. The highest BCUT2D eigenvalue weighted by molar-refractivity contribution is 7.99. The van der Waals surface area contributed by atoms with Crippen molar-refractivity contribution in [2.75, 3.05) is 19.3 Å². The summed E-state index contributed by atoms with van der Waals surface area (Å²) in [5, 5.41) is 6.13. The van der Waals surface area contributed by atoms with Crippen molar-refractivity contribution in [1.29, 1.82) is 0 Å². The summed E-state index contributed by atoms with van der Waals surface area (Å²) < 4.78 is 0.0952. The Balaban J connectivity index is 4.14. The van der Waals surface area contributed by atoms with E-state index in [9.17, 15) is 4.79 Å². The predicted molar refractivity (Wildman–Crippen MR) is 68.4 cm³/mol. The summed E-state index contributed by atoms with van der Waals surface area (Å²) in [6.45, 7) is 11.5. The minimum atomic E-state index is -0.483. The van der Waals surface area contributed by atoms with E-state index in [2.05, 4.69) is 30.7 Å². The molecule has 0 spiro atoms. The van der Waals surface area contributed by atoms with Crippen LogP contribution in [0.25, 0.3) is 0 Å². The summed E-state index contributed by atoms with van der Waals surface area (Å²) in [5.74, 6) is 0.0616. The highest BCUT2D eigenvalue weighted by Gasteiger charge is 2.27. The van der Waals surface area contributed by atoms with E-state index in [-0.39, 0.29) is 10.7 Å². The van der Waals surface area contributed by atoms with Crippen molar-refractivity contribution in [3.63, 3.8) is 0 Å². The van der Waals surface area contributed by atoms with Crippen molar-refractivity contribution in [3.8, 4) is 0 Å². The van der Waals surface area contributed by atoms with Crippen LogP contribution in [0.2, 0.25) is 0 Å². The largest absolute Gasteiger partial charge is 0.353 e. The Hall–Kier alpha value is -0.220. The highest BCUT2D eigenvalue weighted by Crippen LogP contribution is 2.19. The van der Waals surface area contributed by atoms with Crippen LogP contribution in [0.15, 0.2) is 0 Å². The Bertz CT molecular complexity index is 215. The summed E-state index contributed by atoms with van der Waals surface area (Å²) in [4.78, 5) is 11.8. The van der Waals surface area contributed by atoms with E-state index < -0.39 is 5.54 Å². The van der Waals surface area contributed by atoms with Crippen LogP contribution in [0.5, 0.6) is 0 Å². The van der Waals surface area contributed by atoms with Crippen molar-refractivity contribution < 1.29 is 4.79 Å². The maximum atomic E-state index is 11.8. The molecule has 0 saturated heterocycles. The van der Waals surface area contributed by atoms with Crippen LogP contribution in [0.4, 0.5) is 0 Å². The number of hydrogen-bond donors (Lipinski definition) is 2. The first-order valence-electron chi connectivity index (χ1n) is 5.33. The van der Waals surface area contributed by atoms with Crippen LogP contribution < -0.4 is 10.6 Å². The summed E-state index contributed by atoms with van der Waals surface area (Å²) in [6, 6.07) is 0. The van der Waals surface area contributed by atoms with Gasteiger partial charge in [0.25, 0.3) is 0 Å². The standard InChI is InChI=1S/C11H24N2OS/c1-7-13-11(4,5)9(14)12-8-10(2,3)15-6/h13H,7-8H2,1-6H3,(H,12,14). The zero-order chi connectivity index (χ0) is 12.1. The molecule has 0 saturated carbocycles. The van der Waals surface area contributed by atoms with Crippen molar-refractivity contribution in [2.24, 2.45) is 0 Å². The number of likely N-dealkylation sites (N-methyl/N-ethyl adjacent to an activating group) is 1. The number of amides is 1. The van der Waals surface area contributed by atoms with Crippen LogP contribution in [0.1, 0.15) is 34.6 Å². The van der Waals surface area contributed by atoms with Gasteiger partial charge in [-0.3, -0.25) is 4.79 Å². The lowest BCUT2D eigenvalue weighted by Gasteiger charge is -2.28. The van der Waals surface area contributed by atoms with Gasteiger partial charge in [0.05, 0.1) is 5.54 Å². The second kappa shape index (κ2) is 5.75. The molecule has 0 aromatic carbocycles. The molecule has 0 heterocycles. The molecule has 3 nitrogen and oxygen atoms in total. The molecular weight excluding hydrogens is 208 g/mol. The number of carbonyl (C=O) groups excluding carboxylic acids is 1. The molecule has 0 unspecified atom stereocenters. The summed E-state index contributed by atoms with van der Waals surface area (Å²) in [7, 11) is 0. The third-order valence-corrected chi connectivity index (χ3v) is 3.66. The molecule has 4 heteroatoms. The molecule has 15 heavy (non-hydrogen) atoms. The van der Waals surface area contributed by atoms with Gasteiger partial charge in [0.15, 0.2) is 0 Å². The van der Waals surface area contributed by atoms with E-state index in [1.807, 2.05) is 20.8 Å². The maximum absolute atomic E-state index is 11.8. The molecule has 0 aliphatic heterocycles. The van der Waals surface area contributed by atoms with E-state index in [1.54, 1.807) is 11.8 Å². The predicted octanol–water partition coefficient (Wildman–Crippen LogP) is 1.63. The van der Waals surface area contributed by atoms with Crippen molar-refractivity contribution in [2.45, 2.75) is 44.9 Å². The fourth-order valence-electron chi connectivity index (χ4n) is 1.11. The van der Waals surface area contributed by atoms with Crippen molar-refractivity contribution >= 4 is 17.7 Å². The summed E-state index contributed by atoms with van der Waals surface area (Å²) >= 11 is 1.76. The molecule has 0 rings (SSSR count). The van der Waals surface area contributed by atoms with Gasteiger partial charge in [-0.05, 0) is 40.5 Å². The van der Waals surface area contributed by atoms with E-state index in [0.29, 0.717) is 6.54 Å². The Morgan fingerprint density at radius 2 is 1.80 bits per heavy atom. The number of rotatable bonds is 6. The zero-order valence-corrected chi connectivity index (χ0v) is 11.5. The SMILES string of the molecule is CCNC(C)(C)C(=O)NCC(C)(C)SC. The Kier molecular flexibility index (Phi) is 5.67. The topological polar surface area (TPSA) is 41.1 Å². The minimum absolute atomic E-state index is 0.0616. The normalized spacial score (nSPS) is 12.7. The summed E-state index contributed by atoms with van der Waals surface area (Å²) in [6.07, 6.45) is 2.06. The number of carbonyl (C=O) groups is 1. The monoisotopic (exact) mass is 232 g/mol. The number of thioether (sulfide) groups is 1. The highest BCUT2D eigenvalue weighted by atomic mass is 32.2. The van der Waals surface area contributed by atoms with Gasteiger partial charge in [0.2, 0.25) is 5.91 Å². The third-order valence-electron chi connectivity index (χ3n) is 2.41. The van der Waals surface area contributed by atoms with E-state index in [4.69, 9.17) is 0 Å². The summed E-state index contributed by atoms with van der Waals surface area (Å²) in [5.41, 5.74) is -0.483. The Morgan fingerprint density at radius 1 is 1.27 bits per heavy atom. The molecule has 90 valence electrons. The maximum Gasteiger partial charge on any atom is 0.239 e. The average Bonchev–Trinajstić information content (AvgIpc) is 2.14. The second-order valence-electron chi connectivity index (χ2n) is 4.80. The molecule has 0 aliphatic carbocycles. The molecule has 0 aliphatic rings. The molecule has 0 radical (unpaired) electrons. The van der Waals surface area contributed by atoms with Crippen LogP contribution in [-0.4, -0.2) is 35.5 Å². The van der Waals surface area contributed by atoms with Crippen LogP contribution in [0.3, 0.4) is 0 Å². The molecule has 2 N–H and O–H groups in total. The lowest BCUT2D eigenvalue weighted by molar-refractivity contribution is -0.126. The molecule has 0 fully saturated rings. The molecule has 0 aromatic heterocycles.